The molecule has 3 fully saturated rings. The molecule has 0 aliphatic carbocycles. The number of hydrogen-bond acceptors (Lipinski definition) is 3. The molecule has 4 nitrogen and oxygen atoms in total. The monoisotopic (exact) mass is 398 g/mol. The Morgan fingerprint density at radius 1 is 0.897 bits per heavy atom. The van der Waals surface area contributed by atoms with Crippen LogP contribution >= 0.6 is 0 Å². The van der Waals surface area contributed by atoms with E-state index in [1.54, 1.807) is 0 Å². The van der Waals surface area contributed by atoms with E-state index in [9.17, 15) is 4.79 Å². The van der Waals surface area contributed by atoms with E-state index in [-0.39, 0.29) is 0 Å². The smallest absolute Gasteiger partial charge is 0.222 e. The van der Waals surface area contributed by atoms with E-state index in [0.717, 1.165) is 76.2 Å². The number of carbonyl (C=O) groups excluding carboxylic acids is 1. The second-order valence-corrected chi connectivity index (χ2v) is 9.53. The Morgan fingerprint density at radius 3 is 2.31 bits per heavy atom. The van der Waals surface area contributed by atoms with Gasteiger partial charge in [0.05, 0.1) is 6.61 Å². The van der Waals surface area contributed by atoms with Crippen LogP contribution in [0.3, 0.4) is 0 Å². The number of likely N-dealkylation sites (tertiary alicyclic amines) is 2. The van der Waals surface area contributed by atoms with Gasteiger partial charge in [0.25, 0.3) is 0 Å². The van der Waals surface area contributed by atoms with Gasteiger partial charge in [0.2, 0.25) is 5.91 Å². The first-order chi connectivity index (χ1) is 14.3. The van der Waals surface area contributed by atoms with Gasteiger partial charge in [0.1, 0.15) is 0 Å². The third-order valence-electron chi connectivity index (χ3n) is 7.35. The number of ether oxygens (including phenoxy) is 1. The minimum Gasteiger partial charge on any atom is -0.381 e. The molecule has 1 atom stereocenters. The number of hydrogen-bond donors (Lipinski definition) is 0. The van der Waals surface area contributed by atoms with Crippen molar-refractivity contribution in [1.82, 2.24) is 9.80 Å². The van der Waals surface area contributed by atoms with Crippen molar-refractivity contribution in [2.75, 3.05) is 45.9 Å². The van der Waals surface area contributed by atoms with E-state index >= 15 is 0 Å². The molecule has 1 amide bonds. The predicted octanol–water partition coefficient (Wildman–Crippen LogP) is 4.00. The molecule has 1 aromatic carbocycles. The molecule has 3 aliphatic heterocycles. The van der Waals surface area contributed by atoms with Crippen molar-refractivity contribution in [2.45, 2.75) is 51.4 Å². The molecule has 1 unspecified atom stereocenters. The molecule has 4 heteroatoms. The molecule has 3 aliphatic rings. The Morgan fingerprint density at radius 2 is 1.62 bits per heavy atom. The molecule has 3 heterocycles. The van der Waals surface area contributed by atoms with Crippen LogP contribution in [0, 0.1) is 17.8 Å². The lowest BCUT2D eigenvalue weighted by atomic mass is 9.89. The Kier molecular flexibility index (Phi) is 7.61. The zero-order chi connectivity index (χ0) is 19.9. The Labute approximate surface area is 176 Å². The van der Waals surface area contributed by atoms with Crippen LogP contribution in [0.2, 0.25) is 0 Å². The highest BCUT2D eigenvalue weighted by atomic mass is 16.5. The fraction of sp³-hybridized carbons (Fsp3) is 0.720. The summed E-state index contributed by atoms with van der Waals surface area (Å²) in [5, 5.41) is 0. The summed E-state index contributed by atoms with van der Waals surface area (Å²) in [7, 11) is 0. The molecule has 4 rings (SSSR count). The number of piperidine rings is 2. The first-order valence-corrected chi connectivity index (χ1v) is 11.9. The number of amides is 1. The standard InChI is InChI=1S/C25H38N2O2/c28-25(27-15-10-23(11-16-27)18-22-4-2-1-3-5-22)7-6-21-8-13-26(14-9-21)19-24-12-17-29-20-24/h1-5,21,23-24H,6-20H2. The second kappa shape index (κ2) is 10.6. The molecule has 3 saturated heterocycles. The number of carbonyl (C=O) groups is 1. The van der Waals surface area contributed by atoms with E-state index in [4.69, 9.17) is 4.74 Å². The third-order valence-corrected chi connectivity index (χ3v) is 7.35. The zero-order valence-electron chi connectivity index (χ0n) is 17.9. The van der Waals surface area contributed by atoms with Crippen molar-refractivity contribution in [3.05, 3.63) is 35.9 Å². The van der Waals surface area contributed by atoms with Crippen LogP contribution in [0.25, 0.3) is 0 Å². The van der Waals surface area contributed by atoms with Crippen molar-refractivity contribution in [3.63, 3.8) is 0 Å². The predicted molar refractivity (Wildman–Crippen MR) is 117 cm³/mol. The normalized spacial score (nSPS) is 24.8. The molecular formula is C25H38N2O2. The summed E-state index contributed by atoms with van der Waals surface area (Å²) in [5.41, 5.74) is 1.43. The summed E-state index contributed by atoms with van der Waals surface area (Å²) in [6, 6.07) is 10.8. The van der Waals surface area contributed by atoms with Gasteiger partial charge in [-0.25, -0.2) is 0 Å². The van der Waals surface area contributed by atoms with Crippen molar-refractivity contribution >= 4 is 5.91 Å². The Hall–Kier alpha value is -1.39. The molecule has 0 radical (unpaired) electrons. The average molecular weight is 399 g/mol. The molecule has 1 aromatic rings. The second-order valence-electron chi connectivity index (χ2n) is 9.53. The van der Waals surface area contributed by atoms with Gasteiger partial charge in [-0.1, -0.05) is 30.3 Å². The van der Waals surface area contributed by atoms with E-state index < -0.39 is 0 Å². The quantitative estimate of drug-likeness (QED) is 0.696. The van der Waals surface area contributed by atoms with Gasteiger partial charge in [-0.2, -0.15) is 0 Å². The maximum absolute atomic E-state index is 12.7. The van der Waals surface area contributed by atoms with Gasteiger partial charge in [-0.05, 0) is 81.4 Å². The minimum absolute atomic E-state index is 0.397. The zero-order valence-corrected chi connectivity index (χ0v) is 17.9. The largest absolute Gasteiger partial charge is 0.381 e. The summed E-state index contributed by atoms with van der Waals surface area (Å²) in [6.45, 7) is 7.45. The highest BCUT2D eigenvalue weighted by molar-refractivity contribution is 5.76. The van der Waals surface area contributed by atoms with Gasteiger partial charge in [-0.15, -0.1) is 0 Å². The van der Waals surface area contributed by atoms with Gasteiger partial charge >= 0.3 is 0 Å². The van der Waals surface area contributed by atoms with Crippen LogP contribution in [-0.2, 0) is 16.0 Å². The van der Waals surface area contributed by atoms with E-state index in [1.165, 1.54) is 44.5 Å². The molecule has 29 heavy (non-hydrogen) atoms. The van der Waals surface area contributed by atoms with Crippen molar-refractivity contribution in [3.8, 4) is 0 Å². The van der Waals surface area contributed by atoms with E-state index in [0.29, 0.717) is 5.91 Å². The SMILES string of the molecule is O=C(CCC1CCN(CC2CCOC2)CC1)N1CCC(Cc2ccccc2)CC1. The summed E-state index contributed by atoms with van der Waals surface area (Å²) in [4.78, 5) is 17.5. The molecule has 0 bridgehead atoms. The fourth-order valence-corrected chi connectivity index (χ4v) is 5.37. The van der Waals surface area contributed by atoms with Crippen LogP contribution < -0.4 is 0 Å². The van der Waals surface area contributed by atoms with Gasteiger partial charge < -0.3 is 14.5 Å². The lowest BCUT2D eigenvalue weighted by Crippen LogP contribution is -2.40. The van der Waals surface area contributed by atoms with Gasteiger partial charge in [0.15, 0.2) is 0 Å². The highest BCUT2D eigenvalue weighted by Gasteiger charge is 2.26. The number of benzene rings is 1. The lowest BCUT2D eigenvalue weighted by molar-refractivity contribution is -0.133. The van der Waals surface area contributed by atoms with Gasteiger partial charge in [0, 0.05) is 32.7 Å². The first kappa shape index (κ1) is 20.9. The lowest BCUT2D eigenvalue weighted by Gasteiger charge is -2.34. The number of nitrogens with zero attached hydrogens (tertiary/aromatic N) is 2. The summed E-state index contributed by atoms with van der Waals surface area (Å²) >= 11 is 0. The highest BCUT2D eigenvalue weighted by Crippen LogP contribution is 2.26. The van der Waals surface area contributed by atoms with Crippen LogP contribution in [0.1, 0.15) is 50.5 Å². The minimum atomic E-state index is 0.397. The number of rotatable bonds is 7. The van der Waals surface area contributed by atoms with Crippen molar-refractivity contribution in [1.29, 1.82) is 0 Å². The maximum atomic E-state index is 12.7. The molecule has 0 N–H and O–H groups in total. The summed E-state index contributed by atoms with van der Waals surface area (Å²) < 4.78 is 5.51. The van der Waals surface area contributed by atoms with E-state index in [2.05, 4.69) is 40.1 Å². The van der Waals surface area contributed by atoms with Crippen LogP contribution in [0.4, 0.5) is 0 Å². The van der Waals surface area contributed by atoms with Crippen LogP contribution in [0.5, 0.6) is 0 Å². The van der Waals surface area contributed by atoms with Crippen LogP contribution in [0.15, 0.2) is 30.3 Å². The average Bonchev–Trinajstić information content (AvgIpc) is 3.27. The third kappa shape index (κ3) is 6.29. The maximum Gasteiger partial charge on any atom is 0.222 e. The first-order valence-electron chi connectivity index (χ1n) is 11.9. The summed E-state index contributed by atoms with van der Waals surface area (Å²) in [5.74, 6) is 2.62. The van der Waals surface area contributed by atoms with Gasteiger partial charge in [-0.3, -0.25) is 4.79 Å². The molecule has 0 aromatic heterocycles. The Balaban J connectivity index is 1.10. The van der Waals surface area contributed by atoms with Crippen LogP contribution in [-0.4, -0.2) is 61.6 Å². The van der Waals surface area contributed by atoms with Crippen molar-refractivity contribution < 1.29 is 9.53 Å². The molecule has 160 valence electrons. The molecular weight excluding hydrogens is 360 g/mol. The fourth-order valence-electron chi connectivity index (χ4n) is 5.37. The molecule has 0 spiro atoms. The topological polar surface area (TPSA) is 32.8 Å². The van der Waals surface area contributed by atoms with Crippen molar-refractivity contribution in [2.24, 2.45) is 17.8 Å². The Bertz CT molecular complexity index is 613. The molecule has 0 saturated carbocycles. The van der Waals surface area contributed by atoms with E-state index in [1.807, 2.05) is 0 Å². The summed E-state index contributed by atoms with van der Waals surface area (Å²) in [6.07, 6.45) is 9.08.